The Bertz CT molecular complexity index is 179. The molecule has 0 aromatic heterocycles. The second-order valence-corrected chi connectivity index (χ2v) is 4.72. The van der Waals surface area contributed by atoms with Gasteiger partial charge in [0.15, 0.2) is 0 Å². The van der Waals surface area contributed by atoms with Crippen molar-refractivity contribution in [1.82, 2.24) is 0 Å². The monoisotopic (exact) mass is 249 g/mol. The summed E-state index contributed by atoms with van der Waals surface area (Å²) in [5, 5.41) is 0. The van der Waals surface area contributed by atoms with Crippen molar-refractivity contribution in [2.45, 2.75) is 32.2 Å². The molecule has 0 aliphatic carbocycles. The Balaban J connectivity index is 3.17. The summed E-state index contributed by atoms with van der Waals surface area (Å²) in [5.74, 6) is 1.49. The van der Waals surface area contributed by atoms with Gasteiger partial charge in [-0.2, -0.15) is 11.8 Å². The lowest BCUT2D eigenvalue weighted by Gasteiger charge is -2.08. The summed E-state index contributed by atoms with van der Waals surface area (Å²) in [6, 6.07) is -0.487. The van der Waals surface area contributed by atoms with E-state index in [0.717, 1.165) is 31.1 Å². The zero-order valence-electron chi connectivity index (χ0n) is 10.2. The van der Waals surface area contributed by atoms with Crippen molar-refractivity contribution >= 4 is 17.7 Å². The number of nitrogens with two attached hydrogens (primary N) is 1. The zero-order valence-corrected chi connectivity index (χ0v) is 11.1. The molecule has 1 unspecified atom stereocenters. The molecule has 96 valence electrons. The number of thioether (sulfide) groups is 1. The standard InChI is InChI=1S/C11H23NO3S/c1-3-4-6-15-7-9-16-8-5-10(12)11(13)14-2/h10H,3-9,12H2,1-2H3. The number of unbranched alkanes of at least 4 members (excludes halogenated alkanes) is 1. The number of carbonyl (C=O) groups is 1. The van der Waals surface area contributed by atoms with Crippen LogP contribution in [0.2, 0.25) is 0 Å². The molecule has 0 aliphatic heterocycles. The lowest BCUT2D eigenvalue weighted by molar-refractivity contribution is -0.142. The first-order valence-electron chi connectivity index (χ1n) is 5.71. The van der Waals surface area contributed by atoms with Gasteiger partial charge in [0.05, 0.1) is 13.7 Å². The van der Waals surface area contributed by atoms with Crippen LogP contribution < -0.4 is 5.73 Å². The topological polar surface area (TPSA) is 61.5 Å². The molecule has 0 saturated carbocycles. The molecule has 0 aromatic carbocycles. The van der Waals surface area contributed by atoms with Crippen LogP contribution in [0.1, 0.15) is 26.2 Å². The van der Waals surface area contributed by atoms with E-state index in [0.29, 0.717) is 6.42 Å². The first-order chi connectivity index (χ1) is 7.72. The maximum atomic E-state index is 11.0. The van der Waals surface area contributed by atoms with Crippen molar-refractivity contribution in [2.75, 3.05) is 31.8 Å². The van der Waals surface area contributed by atoms with Crippen LogP contribution in [0.5, 0.6) is 0 Å². The van der Waals surface area contributed by atoms with Gasteiger partial charge in [0.2, 0.25) is 0 Å². The molecule has 16 heavy (non-hydrogen) atoms. The molecule has 4 nitrogen and oxygen atoms in total. The van der Waals surface area contributed by atoms with Gasteiger partial charge in [-0.3, -0.25) is 4.79 Å². The molecule has 0 amide bonds. The van der Waals surface area contributed by atoms with E-state index in [1.165, 1.54) is 13.5 Å². The van der Waals surface area contributed by atoms with Crippen LogP contribution in [0, 0.1) is 0 Å². The third-order valence-corrected chi connectivity index (χ3v) is 3.07. The predicted molar refractivity (Wildman–Crippen MR) is 67.7 cm³/mol. The van der Waals surface area contributed by atoms with Crippen LogP contribution in [0.4, 0.5) is 0 Å². The number of rotatable bonds is 10. The summed E-state index contributed by atoms with van der Waals surface area (Å²) < 4.78 is 9.94. The molecule has 5 heteroatoms. The first-order valence-corrected chi connectivity index (χ1v) is 6.86. The van der Waals surface area contributed by atoms with Crippen LogP contribution in [-0.2, 0) is 14.3 Å². The summed E-state index contributed by atoms with van der Waals surface area (Å²) in [7, 11) is 1.36. The molecule has 0 saturated heterocycles. The van der Waals surface area contributed by atoms with E-state index in [1.807, 2.05) is 0 Å². The van der Waals surface area contributed by atoms with Crippen LogP contribution in [0.25, 0.3) is 0 Å². The van der Waals surface area contributed by atoms with Gasteiger partial charge < -0.3 is 15.2 Å². The van der Waals surface area contributed by atoms with E-state index in [1.54, 1.807) is 11.8 Å². The van der Waals surface area contributed by atoms with Gasteiger partial charge in [-0.15, -0.1) is 0 Å². The minimum absolute atomic E-state index is 0.334. The molecule has 0 fully saturated rings. The molecule has 0 aliphatic rings. The van der Waals surface area contributed by atoms with Gasteiger partial charge in [0.1, 0.15) is 6.04 Å². The van der Waals surface area contributed by atoms with Gasteiger partial charge in [-0.1, -0.05) is 13.3 Å². The second kappa shape index (κ2) is 11.2. The highest BCUT2D eigenvalue weighted by Gasteiger charge is 2.12. The van der Waals surface area contributed by atoms with Gasteiger partial charge in [-0.25, -0.2) is 0 Å². The molecule has 0 spiro atoms. The van der Waals surface area contributed by atoms with E-state index in [4.69, 9.17) is 10.5 Å². The highest BCUT2D eigenvalue weighted by molar-refractivity contribution is 7.99. The average molecular weight is 249 g/mol. The molecule has 2 N–H and O–H groups in total. The van der Waals surface area contributed by atoms with Crippen molar-refractivity contribution in [3.8, 4) is 0 Å². The Morgan fingerprint density at radius 3 is 2.75 bits per heavy atom. The lowest BCUT2D eigenvalue weighted by atomic mass is 10.2. The fraction of sp³-hybridized carbons (Fsp3) is 0.909. The third kappa shape index (κ3) is 9.00. The van der Waals surface area contributed by atoms with E-state index >= 15 is 0 Å². The zero-order chi connectivity index (χ0) is 12.2. The minimum Gasteiger partial charge on any atom is -0.468 e. The van der Waals surface area contributed by atoms with Crippen molar-refractivity contribution < 1.29 is 14.3 Å². The second-order valence-electron chi connectivity index (χ2n) is 3.50. The largest absolute Gasteiger partial charge is 0.468 e. The van der Waals surface area contributed by atoms with Gasteiger partial charge >= 0.3 is 5.97 Å². The Morgan fingerprint density at radius 2 is 2.12 bits per heavy atom. The summed E-state index contributed by atoms with van der Waals surface area (Å²) in [6.45, 7) is 3.77. The maximum Gasteiger partial charge on any atom is 0.322 e. The van der Waals surface area contributed by atoms with Gasteiger partial charge in [0, 0.05) is 12.4 Å². The molecular formula is C11H23NO3S. The molecule has 0 bridgehead atoms. The maximum absolute atomic E-state index is 11.0. The highest BCUT2D eigenvalue weighted by Crippen LogP contribution is 2.05. The number of methoxy groups -OCH3 is 1. The van der Waals surface area contributed by atoms with E-state index in [-0.39, 0.29) is 5.97 Å². The van der Waals surface area contributed by atoms with Gasteiger partial charge in [0.25, 0.3) is 0 Å². The van der Waals surface area contributed by atoms with Crippen LogP contribution in [-0.4, -0.2) is 43.8 Å². The smallest absolute Gasteiger partial charge is 0.322 e. The van der Waals surface area contributed by atoms with Crippen LogP contribution >= 0.6 is 11.8 Å². The summed E-state index contributed by atoms with van der Waals surface area (Å²) in [5.41, 5.74) is 5.59. The third-order valence-electron chi connectivity index (χ3n) is 2.09. The molecule has 0 aromatic rings. The highest BCUT2D eigenvalue weighted by atomic mass is 32.2. The fourth-order valence-corrected chi connectivity index (χ4v) is 1.91. The summed E-state index contributed by atoms with van der Waals surface area (Å²) >= 11 is 1.75. The van der Waals surface area contributed by atoms with Crippen molar-refractivity contribution in [3.05, 3.63) is 0 Å². The van der Waals surface area contributed by atoms with E-state index < -0.39 is 6.04 Å². The number of ether oxygens (including phenoxy) is 2. The Morgan fingerprint density at radius 1 is 1.38 bits per heavy atom. The van der Waals surface area contributed by atoms with Crippen molar-refractivity contribution in [3.63, 3.8) is 0 Å². The summed E-state index contributed by atoms with van der Waals surface area (Å²) in [6.07, 6.45) is 2.95. The van der Waals surface area contributed by atoms with Crippen LogP contribution in [0.3, 0.4) is 0 Å². The van der Waals surface area contributed by atoms with Gasteiger partial charge in [-0.05, 0) is 18.6 Å². The number of hydrogen-bond acceptors (Lipinski definition) is 5. The van der Waals surface area contributed by atoms with Crippen molar-refractivity contribution in [1.29, 1.82) is 0 Å². The Labute approximate surface area is 102 Å². The molecule has 0 radical (unpaired) electrons. The number of hydrogen-bond donors (Lipinski definition) is 1. The van der Waals surface area contributed by atoms with Crippen molar-refractivity contribution in [2.24, 2.45) is 5.73 Å². The molecule has 0 rings (SSSR count). The Kier molecular flexibility index (Phi) is 11.0. The minimum atomic E-state index is -0.487. The molecular weight excluding hydrogens is 226 g/mol. The average Bonchev–Trinajstić information content (AvgIpc) is 2.31. The fourth-order valence-electron chi connectivity index (χ4n) is 1.05. The number of esters is 1. The normalized spacial score (nSPS) is 12.4. The predicted octanol–water partition coefficient (Wildman–Crippen LogP) is 1.43. The SMILES string of the molecule is CCCCOCCSCCC(N)C(=O)OC. The number of carbonyl (C=O) groups excluding carboxylic acids is 1. The first kappa shape index (κ1) is 15.7. The quantitative estimate of drug-likeness (QED) is 0.469. The Hall–Kier alpha value is -0.260. The molecule has 1 atom stereocenters. The van der Waals surface area contributed by atoms with E-state index in [9.17, 15) is 4.79 Å². The van der Waals surface area contributed by atoms with Crippen LogP contribution in [0.15, 0.2) is 0 Å². The molecule has 0 heterocycles. The summed E-state index contributed by atoms with van der Waals surface area (Å²) in [4.78, 5) is 11.0. The van der Waals surface area contributed by atoms with E-state index in [2.05, 4.69) is 11.7 Å². The lowest BCUT2D eigenvalue weighted by Crippen LogP contribution is -2.32.